The Kier molecular flexibility index (Phi) is 5.75. The molecule has 0 saturated carbocycles. The molecule has 5 heteroatoms. The first-order valence-corrected chi connectivity index (χ1v) is 5.56. The van der Waals surface area contributed by atoms with Crippen molar-refractivity contribution in [1.82, 2.24) is 0 Å². The van der Waals surface area contributed by atoms with Crippen molar-refractivity contribution in [3.05, 3.63) is 29.8 Å². The van der Waals surface area contributed by atoms with E-state index in [-0.39, 0.29) is 0 Å². The predicted octanol–water partition coefficient (Wildman–Crippen LogP) is 2.21. The van der Waals surface area contributed by atoms with E-state index in [1.54, 1.807) is 0 Å². The second kappa shape index (κ2) is 7.14. The van der Waals surface area contributed by atoms with Crippen molar-refractivity contribution in [1.29, 1.82) is 0 Å². The smallest absolute Gasteiger partial charge is 0.125 e. The van der Waals surface area contributed by atoms with Crippen LogP contribution in [0.4, 0.5) is 5.69 Å². The first-order chi connectivity index (χ1) is 7.77. The van der Waals surface area contributed by atoms with E-state index < -0.39 is 0 Å². The van der Waals surface area contributed by atoms with Crippen LogP contribution in [0.3, 0.4) is 0 Å². The van der Waals surface area contributed by atoms with Crippen molar-refractivity contribution in [2.45, 2.75) is 13.8 Å². The Labute approximate surface area is 99.8 Å². The first kappa shape index (κ1) is 12.9. The summed E-state index contributed by atoms with van der Waals surface area (Å²) in [5, 5.41) is 2.72. The maximum absolute atomic E-state index is 4.68. The van der Waals surface area contributed by atoms with Gasteiger partial charge in [0, 0.05) is 23.5 Å². The highest BCUT2D eigenvalue weighted by Gasteiger charge is 1.99. The van der Waals surface area contributed by atoms with Gasteiger partial charge in [-0.05, 0) is 31.5 Å². The lowest BCUT2D eigenvalue weighted by atomic mass is 10.2. The maximum Gasteiger partial charge on any atom is 0.125 e. The molecule has 0 fully saturated rings. The average Bonchev–Trinajstić information content (AvgIpc) is 2.29. The average molecular weight is 238 g/mol. The second-order valence-electron chi connectivity index (χ2n) is 3.04. The van der Waals surface area contributed by atoms with E-state index >= 15 is 0 Å². The third kappa shape index (κ3) is 4.13. The number of aryl methyl sites for hydroxylation is 1. The van der Waals surface area contributed by atoms with Crippen molar-refractivity contribution in [3.8, 4) is 11.3 Å². The predicted molar refractivity (Wildman–Crippen MR) is 65.9 cm³/mol. The summed E-state index contributed by atoms with van der Waals surface area (Å²) in [5.74, 6) is 4.68. The normalized spacial score (nSPS) is 9.44. The van der Waals surface area contributed by atoms with Gasteiger partial charge in [0.2, 0.25) is 0 Å². The van der Waals surface area contributed by atoms with Gasteiger partial charge in [-0.15, -0.1) is 9.32 Å². The lowest BCUT2D eigenvalue weighted by molar-refractivity contribution is -0.194. The quantitative estimate of drug-likeness (QED) is 0.218. The summed E-state index contributed by atoms with van der Waals surface area (Å²) in [5.41, 5.74) is 2.26. The van der Waals surface area contributed by atoms with E-state index in [1.807, 2.05) is 36.9 Å². The van der Waals surface area contributed by atoms with Crippen LogP contribution in [-0.4, -0.2) is 6.54 Å². The Bertz CT molecular complexity index is 387. The van der Waals surface area contributed by atoms with Gasteiger partial charge >= 0.3 is 0 Å². The van der Waals surface area contributed by atoms with Crippen LogP contribution in [0.1, 0.15) is 12.5 Å². The van der Waals surface area contributed by atoms with E-state index in [2.05, 4.69) is 32.6 Å². The van der Waals surface area contributed by atoms with E-state index in [1.165, 1.54) is 5.56 Å². The highest BCUT2D eigenvalue weighted by Crippen LogP contribution is 2.14. The molecule has 0 atom stereocenters. The molecule has 0 aliphatic heterocycles. The van der Waals surface area contributed by atoms with Gasteiger partial charge in [0.15, 0.2) is 0 Å². The summed E-state index contributed by atoms with van der Waals surface area (Å²) < 4.78 is 4.38. The van der Waals surface area contributed by atoms with E-state index in [0.29, 0.717) is 0 Å². The minimum atomic E-state index is 0.792. The molecule has 0 unspecified atom stereocenters. The summed E-state index contributed by atoms with van der Waals surface area (Å²) in [4.78, 5) is 5.84. The maximum atomic E-state index is 4.68. The largest absolute Gasteiger partial charge is 0.301 e. The van der Waals surface area contributed by atoms with Crippen LogP contribution in [0, 0.1) is 18.2 Å². The van der Waals surface area contributed by atoms with Crippen molar-refractivity contribution >= 4 is 17.7 Å². The molecule has 0 aliphatic rings. The Morgan fingerprint density at radius 1 is 1.50 bits per heavy atom. The number of hydrogen-bond donors (Lipinski definition) is 1. The van der Waals surface area contributed by atoms with Crippen LogP contribution >= 0.6 is 12.0 Å². The SMILES string of the molecule is CCN(C#CSOON)c1cccc(C)c1. The van der Waals surface area contributed by atoms with Crippen molar-refractivity contribution < 1.29 is 9.32 Å². The fourth-order valence-corrected chi connectivity index (χ4v) is 1.45. The van der Waals surface area contributed by atoms with Gasteiger partial charge in [0.05, 0.1) is 0 Å². The molecule has 0 saturated heterocycles. The highest BCUT2D eigenvalue weighted by molar-refractivity contribution is 7.99. The number of nitrogens with two attached hydrogens (primary N) is 1. The van der Waals surface area contributed by atoms with Gasteiger partial charge in [-0.25, -0.2) is 0 Å². The summed E-state index contributed by atoms with van der Waals surface area (Å²) in [7, 11) is 0. The third-order valence-corrected chi connectivity index (χ3v) is 2.25. The zero-order valence-corrected chi connectivity index (χ0v) is 10.1. The minimum Gasteiger partial charge on any atom is -0.301 e. The van der Waals surface area contributed by atoms with Gasteiger partial charge in [0.25, 0.3) is 0 Å². The number of benzene rings is 1. The van der Waals surface area contributed by atoms with Crippen LogP contribution in [-0.2, 0) is 9.32 Å². The number of nitrogens with zero attached hydrogens (tertiary/aromatic N) is 1. The molecule has 0 radical (unpaired) electrons. The van der Waals surface area contributed by atoms with Crippen LogP contribution in [0.2, 0.25) is 0 Å². The molecule has 0 heterocycles. The highest BCUT2D eigenvalue weighted by atomic mass is 32.2. The number of anilines is 1. The Morgan fingerprint density at radius 3 is 2.94 bits per heavy atom. The second-order valence-corrected chi connectivity index (χ2v) is 3.55. The summed E-state index contributed by atoms with van der Waals surface area (Å²) in [6.45, 7) is 4.87. The monoisotopic (exact) mass is 238 g/mol. The van der Waals surface area contributed by atoms with Crippen molar-refractivity contribution in [2.24, 2.45) is 5.90 Å². The topological polar surface area (TPSA) is 47.7 Å². The molecule has 0 amide bonds. The molecule has 0 spiro atoms. The standard InChI is InChI=1S/C11H14N2O2S/c1-3-13(7-8-16-15-14-12)11-6-4-5-10(2)9-11/h4-6,9H,3,12H2,1-2H3. The van der Waals surface area contributed by atoms with Crippen molar-refractivity contribution in [3.63, 3.8) is 0 Å². The first-order valence-electron chi connectivity index (χ1n) is 4.82. The van der Waals surface area contributed by atoms with Gasteiger partial charge < -0.3 is 4.90 Å². The molecule has 0 aromatic heterocycles. The van der Waals surface area contributed by atoms with Crippen LogP contribution < -0.4 is 10.8 Å². The molecule has 0 bridgehead atoms. The van der Waals surface area contributed by atoms with Gasteiger partial charge in [-0.2, -0.15) is 5.90 Å². The molecule has 1 aromatic rings. The van der Waals surface area contributed by atoms with Crippen LogP contribution in [0.15, 0.2) is 24.3 Å². The van der Waals surface area contributed by atoms with Gasteiger partial charge in [0.1, 0.15) is 12.0 Å². The number of rotatable bonds is 4. The van der Waals surface area contributed by atoms with Gasteiger partial charge in [-0.1, -0.05) is 12.1 Å². The van der Waals surface area contributed by atoms with E-state index in [4.69, 9.17) is 0 Å². The Balaban J connectivity index is 2.69. The zero-order valence-electron chi connectivity index (χ0n) is 9.27. The van der Waals surface area contributed by atoms with Crippen LogP contribution in [0.25, 0.3) is 0 Å². The molecule has 86 valence electrons. The molecule has 4 nitrogen and oxygen atoms in total. The van der Waals surface area contributed by atoms with E-state index in [0.717, 1.165) is 24.3 Å². The lowest BCUT2D eigenvalue weighted by Crippen LogP contribution is -2.15. The van der Waals surface area contributed by atoms with Crippen LogP contribution in [0.5, 0.6) is 0 Å². The van der Waals surface area contributed by atoms with Gasteiger partial charge in [-0.3, -0.25) is 0 Å². The molecule has 0 aliphatic carbocycles. The molecule has 1 rings (SSSR count). The Hall–Kier alpha value is -1.19. The molecular weight excluding hydrogens is 224 g/mol. The third-order valence-electron chi connectivity index (χ3n) is 1.93. The molecule has 1 aromatic carbocycles. The summed E-state index contributed by atoms with van der Waals surface area (Å²) >= 11 is 0.846. The summed E-state index contributed by atoms with van der Waals surface area (Å²) in [6.07, 6.45) is 0. The molecule has 2 N–H and O–H groups in total. The molecule has 16 heavy (non-hydrogen) atoms. The fourth-order valence-electron chi connectivity index (χ4n) is 1.23. The Morgan fingerprint density at radius 2 is 2.31 bits per heavy atom. The minimum absolute atomic E-state index is 0.792. The fraction of sp³-hybridized carbons (Fsp3) is 0.273. The van der Waals surface area contributed by atoms with Crippen molar-refractivity contribution in [2.75, 3.05) is 11.4 Å². The summed E-state index contributed by atoms with van der Waals surface area (Å²) in [6, 6.07) is 11.1. The lowest BCUT2D eigenvalue weighted by Gasteiger charge is -2.15. The zero-order chi connectivity index (χ0) is 11.8. The van der Waals surface area contributed by atoms with E-state index in [9.17, 15) is 0 Å². The molecular formula is C11H14N2O2S. The number of hydrogen-bond acceptors (Lipinski definition) is 5.